The molecule has 1 aliphatic heterocycles. The van der Waals surface area contributed by atoms with Gasteiger partial charge < -0.3 is 9.47 Å². The molecule has 0 spiro atoms. The van der Waals surface area contributed by atoms with E-state index in [0.717, 1.165) is 5.69 Å². The molecule has 62 heavy (non-hydrogen) atoms. The van der Waals surface area contributed by atoms with Gasteiger partial charge in [0.1, 0.15) is 0 Å². The molecular weight excluding hydrogens is 749 g/mol. The standard InChI is InChI=1S/C60H42N2/c1-4-14-41(15-5-1)44-24-26-45(27-25-44)46-28-32-51(33-29-46)61-57-22-12-10-20-53(57)55-39-47(30-34-59(55)61)48-31-35-60-56(40-48)54-21-11-13-23-58(54)62(60)52-37-49(42-16-6-2-7-17-42)36-50(38-52)43-18-8-3-9-19-43/h1-40,56,60H. The molecule has 0 saturated carbocycles. The summed E-state index contributed by atoms with van der Waals surface area (Å²) in [5.74, 6) is 0.205. The lowest BCUT2D eigenvalue weighted by Gasteiger charge is -2.30. The van der Waals surface area contributed by atoms with Gasteiger partial charge in [-0.05, 0) is 116 Å². The molecule has 0 fully saturated rings. The molecule has 12 rings (SSSR count). The first-order chi connectivity index (χ1) is 30.7. The van der Waals surface area contributed by atoms with Crippen LogP contribution in [0.25, 0.3) is 77.6 Å². The van der Waals surface area contributed by atoms with E-state index in [1.807, 2.05) is 0 Å². The molecule has 0 N–H and O–H groups in total. The van der Waals surface area contributed by atoms with Gasteiger partial charge in [0.15, 0.2) is 0 Å². The van der Waals surface area contributed by atoms with Crippen molar-refractivity contribution in [1.82, 2.24) is 4.57 Å². The van der Waals surface area contributed by atoms with Crippen LogP contribution < -0.4 is 4.90 Å². The highest BCUT2D eigenvalue weighted by atomic mass is 15.2. The van der Waals surface area contributed by atoms with E-state index >= 15 is 0 Å². The van der Waals surface area contributed by atoms with Crippen LogP contribution in [0.15, 0.2) is 243 Å². The summed E-state index contributed by atoms with van der Waals surface area (Å²) in [7, 11) is 0. The number of fused-ring (bicyclic) bond motifs is 6. The molecule has 0 amide bonds. The molecule has 10 aromatic rings. The molecule has 2 atom stereocenters. The zero-order valence-electron chi connectivity index (χ0n) is 34.1. The number of rotatable bonds is 7. The Hall–Kier alpha value is -7.94. The summed E-state index contributed by atoms with van der Waals surface area (Å²) in [6, 6.07) is 82.0. The van der Waals surface area contributed by atoms with E-state index in [0.29, 0.717) is 0 Å². The van der Waals surface area contributed by atoms with Crippen molar-refractivity contribution in [2.24, 2.45) is 0 Å². The molecule has 9 aromatic carbocycles. The Morgan fingerprint density at radius 2 is 0.839 bits per heavy atom. The molecule has 1 aromatic heterocycles. The monoisotopic (exact) mass is 790 g/mol. The van der Waals surface area contributed by atoms with E-state index in [-0.39, 0.29) is 12.0 Å². The van der Waals surface area contributed by atoms with Gasteiger partial charge in [0.25, 0.3) is 0 Å². The zero-order chi connectivity index (χ0) is 41.0. The lowest BCUT2D eigenvalue weighted by atomic mass is 9.86. The van der Waals surface area contributed by atoms with Crippen LogP contribution in [0.2, 0.25) is 0 Å². The van der Waals surface area contributed by atoms with E-state index in [1.165, 1.54) is 94.4 Å². The number of hydrogen-bond donors (Lipinski definition) is 0. The van der Waals surface area contributed by atoms with Crippen molar-refractivity contribution >= 4 is 38.8 Å². The predicted octanol–water partition coefficient (Wildman–Crippen LogP) is 15.7. The second-order valence-corrected chi connectivity index (χ2v) is 16.5. The third-order valence-corrected chi connectivity index (χ3v) is 12.9. The van der Waals surface area contributed by atoms with Gasteiger partial charge in [-0.15, -0.1) is 0 Å². The molecule has 2 aliphatic rings. The fourth-order valence-electron chi connectivity index (χ4n) is 9.91. The van der Waals surface area contributed by atoms with E-state index in [4.69, 9.17) is 0 Å². The molecule has 0 bridgehead atoms. The van der Waals surface area contributed by atoms with Crippen molar-refractivity contribution < 1.29 is 0 Å². The lowest BCUT2D eigenvalue weighted by Crippen LogP contribution is -2.29. The molecule has 2 unspecified atom stereocenters. The Morgan fingerprint density at radius 3 is 1.48 bits per heavy atom. The lowest BCUT2D eigenvalue weighted by molar-refractivity contribution is 0.747. The molecule has 2 heterocycles. The molecule has 0 saturated heterocycles. The third kappa shape index (κ3) is 6.19. The van der Waals surface area contributed by atoms with Crippen molar-refractivity contribution in [2.45, 2.75) is 12.0 Å². The van der Waals surface area contributed by atoms with Gasteiger partial charge in [-0.1, -0.05) is 188 Å². The average molecular weight is 791 g/mol. The quantitative estimate of drug-likeness (QED) is 0.156. The smallest absolute Gasteiger partial charge is 0.0630 e. The Balaban J connectivity index is 0.894. The number of benzene rings is 9. The summed E-state index contributed by atoms with van der Waals surface area (Å²) in [5.41, 5.74) is 19.6. The van der Waals surface area contributed by atoms with E-state index in [9.17, 15) is 0 Å². The number of allylic oxidation sites excluding steroid dienone is 2. The normalized spacial score (nSPS) is 15.4. The first kappa shape index (κ1) is 36.0. The van der Waals surface area contributed by atoms with Crippen LogP contribution in [0, 0.1) is 0 Å². The van der Waals surface area contributed by atoms with Crippen molar-refractivity contribution in [3.8, 4) is 50.2 Å². The SMILES string of the molecule is C1=CC2C(C=C1c1ccc3c(c1)c1ccccc1n3-c1ccc(-c3ccc(-c4ccccc4)cc3)cc1)c1ccccc1N2c1cc(-c2ccccc2)cc(-c2ccccc2)c1. The third-order valence-electron chi connectivity index (χ3n) is 12.9. The summed E-state index contributed by atoms with van der Waals surface area (Å²) >= 11 is 0. The van der Waals surface area contributed by atoms with Crippen LogP contribution in [0.3, 0.4) is 0 Å². The largest absolute Gasteiger partial charge is 0.333 e. The Bertz CT molecular complexity index is 3260. The summed E-state index contributed by atoms with van der Waals surface area (Å²) in [6.45, 7) is 0. The van der Waals surface area contributed by atoms with Gasteiger partial charge in [0.05, 0.1) is 17.1 Å². The molecule has 2 nitrogen and oxygen atoms in total. The van der Waals surface area contributed by atoms with Gasteiger partial charge >= 0.3 is 0 Å². The van der Waals surface area contributed by atoms with Gasteiger partial charge in [-0.25, -0.2) is 0 Å². The van der Waals surface area contributed by atoms with Crippen LogP contribution >= 0.6 is 0 Å². The fraction of sp³-hybridized carbons (Fsp3) is 0.0333. The maximum Gasteiger partial charge on any atom is 0.0630 e. The summed E-state index contributed by atoms with van der Waals surface area (Å²) in [6.07, 6.45) is 7.29. The number of aromatic nitrogens is 1. The molecule has 292 valence electrons. The summed E-state index contributed by atoms with van der Waals surface area (Å²) < 4.78 is 2.41. The first-order valence-electron chi connectivity index (χ1n) is 21.6. The van der Waals surface area contributed by atoms with Crippen LogP contribution in [0.1, 0.15) is 17.0 Å². The van der Waals surface area contributed by atoms with Gasteiger partial charge in [0, 0.05) is 33.8 Å². The van der Waals surface area contributed by atoms with Crippen molar-refractivity contribution in [3.05, 3.63) is 254 Å². The van der Waals surface area contributed by atoms with Crippen LogP contribution in [-0.4, -0.2) is 10.6 Å². The number of nitrogens with zero attached hydrogens (tertiary/aromatic N) is 2. The minimum Gasteiger partial charge on any atom is -0.333 e. The van der Waals surface area contributed by atoms with Gasteiger partial charge in [-0.3, -0.25) is 0 Å². The predicted molar refractivity (Wildman–Crippen MR) is 261 cm³/mol. The van der Waals surface area contributed by atoms with Gasteiger partial charge in [0.2, 0.25) is 0 Å². The molecular formula is C60H42N2. The van der Waals surface area contributed by atoms with Crippen LogP contribution in [0.5, 0.6) is 0 Å². The minimum absolute atomic E-state index is 0.154. The second-order valence-electron chi connectivity index (χ2n) is 16.5. The Labute approximate surface area is 362 Å². The number of anilines is 2. The van der Waals surface area contributed by atoms with Crippen molar-refractivity contribution in [1.29, 1.82) is 0 Å². The highest BCUT2D eigenvalue weighted by Gasteiger charge is 2.38. The Morgan fingerprint density at radius 1 is 0.339 bits per heavy atom. The van der Waals surface area contributed by atoms with E-state index < -0.39 is 0 Å². The summed E-state index contributed by atoms with van der Waals surface area (Å²) in [4.78, 5) is 2.56. The van der Waals surface area contributed by atoms with Crippen LogP contribution in [-0.2, 0) is 0 Å². The van der Waals surface area contributed by atoms with Crippen molar-refractivity contribution in [3.63, 3.8) is 0 Å². The van der Waals surface area contributed by atoms with E-state index in [2.05, 4.69) is 252 Å². The fourth-order valence-corrected chi connectivity index (χ4v) is 9.91. The van der Waals surface area contributed by atoms with Crippen LogP contribution in [0.4, 0.5) is 11.4 Å². The van der Waals surface area contributed by atoms with Gasteiger partial charge in [-0.2, -0.15) is 0 Å². The number of hydrogen-bond acceptors (Lipinski definition) is 1. The average Bonchev–Trinajstić information content (AvgIpc) is 3.87. The maximum absolute atomic E-state index is 2.56. The molecule has 2 heteroatoms. The van der Waals surface area contributed by atoms with E-state index in [1.54, 1.807) is 0 Å². The molecule has 1 aliphatic carbocycles. The molecule has 0 radical (unpaired) electrons. The highest BCUT2D eigenvalue weighted by molar-refractivity contribution is 6.10. The first-order valence-corrected chi connectivity index (χ1v) is 21.6. The second kappa shape index (κ2) is 15.0. The number of para-hydroxylation sites is 2. The minimum atomic E-state index is 0.154. The summed E-state index contributed by atoms with van der Waals surface area (Å²) in [5, 5.41) is 2.52. The maximum atomic E-state index is 2.56. The van der Waals surface area contributed by atoms with Crippen molar-refractivity contribution in [2.75, 3.05) is 4.90 Å². The zero-order valence-corrected chi connectivity index (χ0v) is 34.1. The Kier molecular flexibility index (Phi) is 8.67. The topological polar surface area (TPSA) is 8.17 Å². The highest BCUT2D eigenvalue weighted by Crippen LogP contribution is 2.50.